The number of ether oxygens (including phenoxy) is 1. The van der Waals surface area contributed by atoms with E-state index in [9.17, 15) is 9.90 Å². The van der Waals surface area contributed by atoms with Crippen molar-refractivity contribution < 1.29 is 14.6 Å². The quantitative estimate of drug-likeness (QED) is 0.815. The first kappa shape index (κ1) is 14.6. The molecule has 0 aliphatic carbocycles. The van der Waals surface area contributed by atoms with Gasteiger partial charge in [-0.25, -0.2) is 0 Å². The first-order valence-electron chi connectivity index (χ1n) is 6.24. The minimum absolute atomic E-state index is 0.149. The van der Waals surface area contributed by atoms with Crippen LogP contribution in [0.5, 0.6) is 5.75 Å². The van der Waals surface area contributed by atoms with Crippen molar-refractivity contribution in [1.29, 1.82) is 0 Å². The maximum absolute atomic E-state index is 11.1. The zero-order valence-corrected chi connectivity index (χ0v) is 11.6. The van der Waals surface area contributed by atoms with Crippen LogP contribution in [0.4, 0.5) is 0 Å². The third-order valence-electron chi connectivity index (χ3n) is 3.29. The van der Waals surface area contributed by atoms with Gasteiger partial charge in [-0.15, -0.1) is 0 Å². The number of hydrogen-bond acceptors (Lipinski definition) is 3. The number of methoxy groups -OCH3 is 1. The van der Waals surface area contributed by atoms with Crippen LogP contribution in [0, 0.1) is 6.92 Å². The van der Waals surface area contributed by atoms with E-state index in [1.165, 1.54) is 7.11 Å². The van der Waals surface area contributed by atoms with Crippen LogP contribution in [0.1, 0.15) is 44.2 Å². The maximum atomic E-state index is 11.1. The molecule has 0 bridgehead atoms. The fourth-order valence-corrected chi connectivity index (χ4v) is 2.10. The number of rotatable bonds is 5. The van der Waals surface area contributed by atoms with Gasteiger partial charge in [-0.2, -0.15) is 0 Å². The highest BCUT2D eigenvalue weighted by atomic mass is 16.5. The molecule has 0 unspecified atom stereocenters. The summed E-state index contributed by atoms with van der Waals surface area (Å²) >= 11 is 0. The maximum Gasteiger partial charge on any atom is 0.305 e. The average molecular weight is 250 g/mol. The highest BCUT2D eigenvalue weighted by Crippen LogP contribution is 2.35. The van der Waals surface area contributed by atoms with Crippen LogP contribution in [0.3, 0.4) is 0 Å². The molecule has 0 saturated heterocycles. The van der Waals surface area contributed by atoms with Crippen LogP contribution in [0.25, 0.3) is 0 Å². The molecule has 0 amide bonds. The Balaban J connectivity index is 2.73. The van der Waals surface area contributed by atoms with Gasteiger partial charge in [-0.1, -0.05) is 31.5 Å². The van der Waals surface area contributed by atoms with E-state index in [1.54, 1.807) is 6.07 Å². The van der Waals surface area contributed by atoms with E-state index in [-0.39, 0.29) is 11.4 Å². The number of carbonyl (C=O) groups is 1. The summed E-state index contributed by atoms with van der Waals surface area (Å²) in [6, 6.07) is 5.63. The highest BCUT2D eigenvalue weighted by molar-refractivity contribution is 5.69. The lowest BCUT2D eigenvalue weighted by Gasteiger charge is -2.26. The molecule has 0 aliphatic heterocycles. The van der Waals surface area contributed by atoms with E-state index in [0.717, 1.165) is 24.0 Å². The topological polar surface area (TPSA) is 46.5 Å². The largest absolute Gasteiger partial charge is 0.508 e. The van der Waals surface area contributed by atoms with Crippen molar-refractivity contribution in [3.8, 4) is 5.75 Å². The zero-order valence-electron chi connectivity index (χ0n) is 11.6. The first-order valence-corrected chi connectivity index (χ1v) is 6.24. The van der Waals surface area contributed by atoms with Gasteiger partial charge in [-0.05, 0) is 36.8 Å². The minimum Gasteiger partial charge on any atom is -0.508 e. The zero-order chi connectivity index (χ0) is 13.8. The lowest BCUT2D eigenvalue weighted by Crippen LogP contribution is -2.18. The van der Waals surface area contributed by atoms with E-state index >= 15 is 0 Å². The number of benzene rings is 1. The molecular formula is C15H22O3. The molecule has 0 aliphatic rings. The van der Waals surface area contributed by atoms with Gasteiger partial charge in [0.05, 0.1) is 7.11 Å². The van der Waals surface area contributed by atoms with Gasteiger partial charge in [0.2, 0.25) is 0 Å². The minimum atomic E-state index is -0.181. The van der Waals surface area contributed by atoms with E-state index in [4.69, 9.17) is 0 Å². The summed E-state index contributed by atoms with van der Waals surface area (Å²) in [5.74, 6) is 0.142. The van der Waals surface area contributed by atoms with Crippen molar-refractivity contribution in [2.75, 3.05) is 7.11 Å². The molecule has 18 heavy (non-hydrogen) atoms. The molecule has 0 aromatic heterocycles. The van der Waals surface area contributed by atoms with E-state index in [1.807, 2.05) is 19.1 Å². The van der Waals surface area contributed by atoms with Crippen molar-refractivity contribution in [2.24, 2.45) is 0 Å². The van der Waals surface area contributed by atoms with Gasteiger partial charge in [0.1, 0.15) is 5.75 Å². The smallest absolute Gasteiger partial charge is 0.305 e. The first-order chi connectivity index (χ1) is 8.36. The summed E-state index contributed by atoms with van der Waals surface area (Å²) in [7, 11) is 1.40. The second-order valence-corrected chi connectivity index (χ2v) is 5.33. The number of aromatic hydroxyl groups is 1. The molecule has 0 fully saturated rings. The molecule has 0 heterocycles. The predicted octanol–water partition coefficient (Wildman–Crippen LogP) is 3.32. The van der Waals surface area contributed by atoms with Gasteiger partial charge >= 0.3 is 5.97 Å². The molecule has 0 spiro atoms. The Morgan fingerprint density at radius 3 is 2.67 bits per heavy atom. The van der Waals surface area contributed by atoms with Crippen molar-refractivity contribution in [2.45, 2.75) is 45.4 Å². The Morgan fingerprint density at radius 1 is 1.39 bits per heavy atom. The number of phenolic OH excluding ortho intramolecular Hbond substituents is 1. The van der Waals surface area contributed by atoms with Gasteiger partial charge in [-0.3, -0.25) is 4.79 Å². The van der Waals surface area contributed by atoms with Crippen LogP contribution in [-0.4, -0.2) is 18.2 Å². The molecule has 3 nitrogen and oxygen atoms in total. The van der Waals surface area contributed by atoms with Crippen LogP contribution >= 0.6 is 0 Å². The van der Waals surface area contributed by atoms with Crippen molar-refractivity contribution in [1.82, 2.24) is 0 Å². The van der Waals surface area contributed by atoms with Gasteiger partial charge in [0.25, 0.3) is 0 Å². The van der Waals surface area contributed by atoms with Crippen molar-refractivity contribution in [3.63, 3.8) is 0 Å². The second-order valence-electron chi connectivity index (χ2n) is 5.33. The Hall–Kier alpha value is -1.51. The average Bonchev–Trinajstić information content (AvgIpc) is 2.31. The van der Waals surface area contributed by atoms with Gasteiger partial charge < -0.3 is 9.84 Å². The van der Waals surface area contributed by atoms with E-state index in [0.29, 0.717) is 12.2 Å². The molecule has 3 heteroatoms. The van der Waals surface area contributed by atoms with Crippen LogP contribution in [0.15, 0.2) is 18.2 Å². The fraction of sp³-hybridized carbons (Fsp3) is 0.533. The normalized spacial score (nSPS) is 11.3. The fourth-order valence-electron chi connectivity index (χ4n) is 2.10. The van der Waals surface area contributed by atoms with Crippen LogP contribution in [-0.2, 0) is 14.9 Å². The summed E-state index contributed by atoms with van der Waals surface area (Å²) in [6.07, 6.45) is 2.01. The number of phenols is 1. The number of hydrogen-bond donors (Lipinski definition) is 1. The standard InChI is InChI=1S/C15H22O3/c1-11-7-8-13(16)12(10-11)15(2,3)9-5-6-14(17)18-4/h7-8,10,16H,5-6,9H2,1-4H3. The predicted molar refractivity (Wildman–Crippen MR) is 71.7 cm³/mol. The second kappa shape index (κ2) is 5.89. The van der Waals surface area contributed by atoms with Crippen molar-refractivity contribution in [3.05, 3.63) is 29.3 Å². The number of carbonyl (C=O) groups excluding carboxylic acids is 1. The Bertz CT molecular complexity index is 422. The Labute approximate surface area is 109 Å². The molecular weight excluding hydrogens is 228 g/mol. The summed E-state index contributed by atoms with van der Waals surface area (Å²) in [4.78, 5) is 11.1. The molecule has 1 aromatic carbocycles. The lowest BCUT2D eigenvalue weighted by atomic mass is 9.79. The molecule has 1 N–H and O–H groups in total. The SMILES string of the molecule is COC(=O)CCCC(C)(C)c1cc(C)ccc1O. The van der Waals surface area contributed by atoms with Crippen LogP contribution in [0.2, 0.25) is 0 Å². The summed E-state index contributed by atoms with van der Waals surface area (Å²) in [5, 5.41) is 9.93. The number of esters is 1. The molecule has 1 rings (SSSR count). The third-order valence-corrected chi connectivity index (χ3v) is 3.29. The van der Waals surface area contributed by atoms with Crippen molar-refractivity contribution >= 4 is 5.97 Å². The van der Waals surface area contributed by atoms with E-state index in [2.05, 4.69) is 18.6 Å². The Kier molecular flexibility index (Phi) is 4.76. The van der Waals surface area contributed by atoms with Gasteiger partial charge in [0, 0.05) is 6.42 Å². The van der Waals surface area contributed by atoms with E-state index < -0.39 is 0 Å². The summed E-state index contributed by atoms with van der Waals surface area (Å²) in [6.45, 7) is 6.17. The molecule has 1 aromatic rings. The summed E-state index contributed by atoms with van der Waals surface area (Å²) < 4.78 is 4.63. The molecule has 0 saturated carbocycles. The molecule has 0 radical (unpaired) electrons. The van der Waals surface area contributed by atoms with Gasteiger partial charge in [0.15, 0.2) is 0 Å². The number of aryl methyl sites for hydroxylation is 1. The lowest BCUT2D eigenvalue weighted by molar-refractivity contribution is -0.140. The van der Waals surface area contributed by atoms with Crippen LogP contribution < -0.4 is 0 Å². The summed E-state index contributed by atoms with van der Waals surface area (Å²) in [5.41, 5.74) is 1.92. The third kappa shape index (κ3) is 3.76. The molecule has 0 atom stereocenters. The Morgan fingerprint density at radius 2 is 2.06 bits per heavy atom. The molecule has 100 valence electrons. The highest BCUT2D eigenvalue weighted by Gasteiger charge is 2.24. The monoisotopic (exact) mass is 250 g/mol.